The first-order valence-corrected chi connectivity index (χ1v) is 4.31. The summed E-state index contributed by atoms with van der Waals surface area (Å²) in [5.41, 5.74) is 1.81. The minimum absolute atomic E-state index is 0.104. The minimum atomic E-state index is 0.104. The second-order valence-corrected chi connectivity index (χ2v) is 3.29. The quantitative estimate of drug-likeness (QED) is 0.675. The van der Waals surface area contributed by atoms with Crippen molar-refractivity contribution in [3.63, 3.8) is 0 Å². The zero-order valence-corrected chi connectivity index (χ0v) is 7.45. The maximum atomic E-state index is 10.9. The number of nitrogens with zero attached hydrogens (tertiary/aromatic N) is 2. The van der Waals surface area contributed by atoms with E-state index in [1.54, 1.807) is 12.4 Å². The SMILES string of the molecule is Cc1cnc(C2CNC(=O)C2)cn1. The molecule has 1 aromatic rings. The van der Waals surface area contributed by atoms with E-state index in [2.05, 4.69) is 15.3 Å². The van der Waals surface area contributed by atoms with E-state index in [0.29, 0.717) is 13.0 Å². The van der Waals surface area contributed by atoms with E-state index in [0.717, 1.165) is 11.4 Å². The summed E-state index contributed by atoms with van der Waals surface area (Å²) in [6.45, 7) is 2.59. The van der Waals surface area contributed by atoms with Gasteiger partial charge in [0.25, 0.3) is 0 Å². The molecule has 2 heterocycles. The summed E-state index contributed by atoms with van der Waals surface area (Å²) in [4.78, 5) is 19.3. The summed E-state index contributed by atoms with van der Waals surface area (Å²) in [6.07, 6.45) is 4.02. The minimum Gasteiger partial charge on any atom is -0.355 e. The normalized spacial score (nSPS) is 21.6. The van der Waals surface area contributed by atoms with Crippen molar-refractivity contribution >= 4 is 5.91 Å². The predicted molar refractivity (Wildman–Crippen MR) is 47.1 cm³/mol. The summed E-state index contributed by atoms with van der Waals surface area (Å²) in [5.74, 6) is 0.313. The molecule has 68 valence electrons. The van der Waals surface area contributed by atoms with E-state index >= 15 is 0 Å². The molecule has 0 aromatic carbocycles. The second-order valence-electron chi connectivity index (χ2n) is 3.29. The van der Waals surface area contributed by atoms with Crippen LogP contribution in [0.25, 0.3) is 0 Å². The third-order valence-corrected chi connectivity index (χ3v) is 2.20. The zero-order chi connectivity index (χ0) is 9.26. The first-order valence-electron chi connectivity index (χ1n) is 4.31. The van der Waals surface area contributed by atoms with Crippen LogP contribution in [0.5, 0.6) is 0 Å². The highest BCUT2D eigenvalue weighted by Crippen LogP contribution is 2.19. The average molecular weight is 177 g/mol. The van der Waals surface area contributed by atoms with Crippen LogP contribution in [0.15, 0.2) is 12.4 Å². The van der Waals surface area contributed by atoms with Gasteiger partial charge >= 0.3 is 0 Å². The maximum Gasteiger partial charge on any atom is 0.220 e. The lowest BCUT2D eigenvalue weighted by Crippen LogP contribution is -2.13. The van der Waals surface area contributed by atoms with Gasteiger partial charge in [-0.25, -0.2) is 0 Å². The molecule has 0 spiro atoms. The first-order chi connectivity index (χ1) is 6.25. The van der Waals surface area contributed by atoms with Crippen LogP contribution in [-0.4, -0.2) is 22.4 Å². The third kappa shape index (κ3) is 1.66. The molecule has 13 heavy (non-hydrogen) atoms. The highest BCUT2D eigenvalue weighted by Gasteiger charge is 2.23. The Morgan fingerprint density at radius 2 is 2.31 bits per heavy atom. The van der Waals surface area contributed by atoms with Gasteiger partial charge in [0.15, 0.2) is 0 Å². The molecule has 0 aliphatic carbocycles. The van der Waals surface area contributed by atoms with Crippen LogP contribution in [0.3, 0.4) is 0 Å². The molecule has 1 aromatic heterocycles. The summed E-state index contributed by atoms with van der Waals surface area (Å²) < 4.78 is 0. The van der Waals surface area contributed by atoms with E-state index in [1.807, 2.05) is 6.92 Å². The summed E-state index contributed by atoms with van der Waals surface area (Å²) >= 11 is 0. The van der Waals surface area contributed by atoms with Gasteiger partial charge in [0, 0.05) is 31.3 Å². The molecule has 1 fully saturated rings. The summed E-state index contributed by atoms with van der Waals surface area (Å²) in [6, 6.07) is 0. The Morgan fingerprint density at radius 1 is 1.46 bits per heavy atom. The topological polar surface area (TPSA) is 54.9 Å². The van der Waals surface area contributed by atoms with E-state index in [1.165, 1.54) is 0 Å². The Bertz CT molecular complexity index is 320. The fourth-order valence-electron chi connectivity index (χ4n) is 1.43. The monoisotopic (exact) mass is 177 g/mol. The predicted octanol–water partition coefficient (Wildman–Crippen LogP) is 0.389. The molecule has 1 atom stereocenters. The van der Waals surface area contributed by atoms with Gasteiger partial charge in [-0.2, -0.15) is 0 Å². The highest BCUT2D eigenvalue weighted by molar-refractivity contribution is 5.79. The van der Waals surface area contributed by atoms with Crippen molar-refractivity contribution in [3.05, 3.63) is 23.8 Å². The zero-order valence-electron chi connectivity index (χ0n) is 7.45. The average Bonchev–Trinajstić information content (AvgIpc) is 2.53. The van der Waals surface area contributed by atoms with Crippen LogP contribution in [0.2, 0.25) is 0 Å². The molecule has 4 heteroatoms. The summed E-state index contributed by atoms with van der Waals surface area (Å²) in [5, 5.41) is 2.78. The standard InChI is InChI=1S/C9H11N3O/c1-6-3-11-8(5-10-6)7-2-9(13)12-4-7/h3,5,7H,2,4H2,1H3,(H,12,13). The molecule has 4 nitrogen and oxygen atoms in total. The lowest BCUT2D eigenvalue weighted by molar-refractivity contribution is -0.119. The molecule has 1 aliphatic rings. The second kappa shape index (κ2) is 3.12. The van der Waals surface area contributed by atoms with Crippen molar-refractivity contribution in [3.8, 4) is 0 Å². The van der Waals surface area contributed by atoms with Crippen molar-refractivity contribution < 1.29 is 4.79 Å². The van der Waals surface area contributed by atoms with Gasteiger partial charge in [-0.1, -0.05) is 0 Å². The number of carbonyl (C=O) groups excluding carboxylic acids is 1. The van der Waals surface area contributed by atoms with Crippen LogP contribution in [0.1, 0.15) is 23.7 Å². The first kappa shape index (κ1) is 8.16. The molecular weight excluding hydrogens is 166 g/mol. The Kier molecular flexibility index (Phi) is 1.96. The molecule has 1 amide bonds. The van der Waals surface area contributed by atoms with Crippen molar-refractivity contribution in [1.82, 2.24) is 15.3 Å². The fourth-order valence-corrected chi connectivity index (χ4v) is 1.43. The van der Waals surface area contributed by atoms with E-state index in [-0.39, 0.29) is 11.8 Å². The smallest absolute Gasteiger partial charge is 0.220 e. The van der Waals surface area contributed by atoms with Gasteiger partial charge < -0.3 is 5.32 Å². The number of aromatic nitrogens is 2. The van der Waals surface area contributed by atoms with E-state index < -0.39 is 0 Å². The van der Waals surface area contributed by atoms with Crippen molar-refractivity contribution in [2.75, 3.05) is 6.54 Å². The number of rotatable bonds is 1. The van der Waals surface area contributed by atoms with Crippen molar-refractivity contribution in [2.45, 2.75) is 19.3 Å². The van der Waals surface area contributed by atoms with E-state index in [9.17, 15) is 4.79 Å². The molecule has 1 saturated heterocycles. The van der Waals surface area contributed by atoms with E-state index in [4.69, 9.17) is 0 Å². The van der Waals surface area contributed by atoms with Crippen LogP contribution in [0.4, 0.5) is 0 Å². The lowest BCUT2D eigenvalue weighted by Gasteiger charge is -2.04. The van der Waals surface area contributed by atoms with Gasteiger partial charge in [0.2, 0.25) is 5.91 Å². The fraction of sp³-hybridized carbons (Fsp3) is 0.444. The molecule has 1 N–H and O–H groups in total. The Balaban J connectivity index is 2.17. The van der Waals surface area contributed by atoms with Crippen LogP contribution in [0, 0.1) is 6.92 Å². The highest BCUT2D eigenvalue weighted by atomic mass is 16.1. The molecular formula is C9H11N3O. The van der Waals surface area contributed by atoms with Gasteiger partial charge in [-0.15, -0.1) is 0 Å². The molecule has 0 radical (unpaired) electrons. The Labute approximate surface area is 76.4 Å². The summed E-state index contributed by atoms with van der Waals surface area (Å²) in [7, 11) is 0. The number of hydrogen-bond donors (Lipinski definition) is 1. The lowest BCUT2D eigenvalue weighted by atomic mass is 10.1. The van der Waals surface area contributed by atoms with Gasteiger partial charge in [0.05, 0.1) is 11.4 Å². The number of amides is 1. The van der Waals surface area contributed by atoms with Crippen molar-refractivity contribution in [1.29, 1.82) is 0 Å². The maximum absolute atomic E-state index is 10.9. The largest absolute Gasteiger partial charge is 0.355 e. The number of hydrogen-bond acceptors (Lipinski definition) is 3. The molecule has 2 rings (SSSR count). The van der Waals surface area contributed by atoms with Crippen LogP contribution >= 0.6 is 0 Å². The Hall–Kier alpha value is -1.45. The van der Waals surface area contributed by atoms with Gasteiger partial charge in [0.1, 0.15) is 0 Å². The Morgan fingerprint density at radius 3 is 2.85 bits per heavy atom. The van der Waals surface area contributed by atoms with Gasteiger partial charge in [-0.3, -0.25) is 14.8 Å². The molecule has 1 unspecified atom stereocenters. The van der Waals surface area contributed by atoms with Gasteiger partial charge in [-0.05, 0) is 6.92 Å². The van der Waals surface area contributed by atoms with Crippen LogP contribution in [-0.2, 0) is 4.79 Å². The number of carbonyl (C=O) groups is 1. The molecule has 0 bridgehead atoms. The number of nitrogens with one attached hydrogen (secondary N) is 1. The van der Waals surface area contributed by atoms with Crippen LogP contribution < -0.4 is 5.32 Å². The third-order valence-electron chi connectivity index (χ3n) is 2.20. The molecule has 0 saturated carbocycles. The van der Waals surface area contributed by atoms with Crippen molar-refractivity contribution in [2.24, 2.45) is 0 Å². The molecule has 1 aliphatic heterocycles. The number of aryl methyl sites for hydroxylation is 1.